The minimum Gasteiger partial charge on any atom is -0.462 e. The van der Waals surface area contributed by atoms with Crippen molar-refractivity contribution >= 4 is 17.6 Å². The Kier molecular flexibility index (Phi) is 6.47. The van der Waals surface area contributed by atoms with Gasteiger partial charge in [0.05, 0.1) is 17.9 Å². The van der Waals surface area contributed by atoms with E-state index in [2.05, 4.69) is 17.0 Å². The van der Waals surface area contributed by atoms with Crippen LogP contribution in [0.3, 0.4) is 0 Å². The highest BCUT2D eigenvalue weighted by atomic mass is 16.5. The molecule has 0 spiro atoms. The Bertz CT molecular complexity index is 768. The molecule has 5 nitrogen and oxygen atoms in total. The van der Waals surface area contributed by atoms with Crippen LogP contribution in [0.5, 0.6) is 0 Å². The number of benzene rings is 2. The van der Waals surface area contributed by atoms with Crippen LogP contribution < -0.4 is 4.90 Å². The number of esters is 1. The third-order valence-electron chi connectivity index (χ3n) is 4.84. The molecular weight excluding hydrogens is 340 g/mol. The fourth-order valence-corrected chi connectivity index (χ4v) is 3.38. The maximum atomic E-state index is 12.5. The number of carbonyl (C=O) groups excluding carboxylic acids is 2. The molecule has 1 heterocycles. The molecule has 0 aliphatic carbocycles. The molecule has 0 radical (unpaired) electrons. The first-order valence-electron chi connectivity index (χ1n) is 9.52. The summed E-state index contributed by atoms with van der Waals surface area (Å²) in [6.45, 7) is 4.94. The molecule has 3 rings (SSSR count). The van der Waals surface area contributed by atoms with E-state index in [0.717, 1.165) is 12.1 Å². The Labute approximate surface area is 160 Å². The molecule has 1 aliphatic rings. The lowest BCUT2D eigenvalue weighted by Gasteiger charge is -2.36. The summed E-state index contributed by atoms with van der Waals surface area (Å²) in [6.07, 6.45) is 1.30. The number of para-hydroxylation sites is 1. The van der Waals surface area contributed by atoms with E-state index in [4.69, 9.17) is 4.74 Å². The number of anilines is 1. The first-order valence-corrected chi connectivity index (χ1v) is 9.52. The summed E-state index contributed by atoms with van der Waals surface area (Å²) in [6, 6.07) is 17.6. The summed E-state index contributed by atoms with van der Waals surface area (Å²) in [7, 11) is 0. The molecule has 2 aromatic carbocycles. The smallest absolute Gasteiger partial charge is 0.340 e. The number of hydrogen-bond acceptors (Lipinski definition) is 4. The Morgan fingerprint density at radius 2 is 1.59 bits per heavy atom. The van der Waals surface area contributed by atoms with Crippen LogP contribution >= 0.6 is 0 Å². The molecule has 27 heavy (non-hydrogen) atoms. The lowest BCUT2D eigenvalue weighted by atomic mass is 10.1. The van der Waals surface area contributed by atoms with Gasteiger partial charge in [-0.05, 0) is 31.0 Å². The van der Waals surface area contributed by atoms with Crippen LogP contribution in [-0.4, -0.2) is 49.6 Å². The van der Waals surface area contributed by atoms with Gasteiger partial charge >= 0.3 is 5.97 Å². The molecule has 1 fully saturated rings. The van der Waals surface area contributed by atoms with Crippen LogP contribution in [0.25, 0.3) is 0 Å². The van der Waals surface area contributed by atoms with Gasteiger partial charge in [0.15, 0.2) is 0 Å². The maximum Gasteiger partial charge on any atom is 0.340 e. The van der Waals surface area contributed by atoms with Crippen LogP contribution in [0.15, 0.2) is 54.6 Å². The molecule has 1 amide bonds. The van der Waals surface area contributed by atoms with E-state index in [1.807, 2.05) is 41.3 Å². The van der Waals surface area contributed by atoms with Crippen molar-refractivity contribution in [3.05, 3.63) is 65.7 Å². The zero-order valence-electron chi connectivity index (χ0n) is 15.8. The lowest BCUT2D eigenvalue weighted by molar-refractivity contribution is -0.131. The summed E-state index contributed by atoms with van der Waals surface area (Å²) in [4.78, 5) is 28.8. The number of amides is 1. The quantitative estimate of drug-likeness (QED) is 0.737. The first kappa shape index (κ1) is 19.0. The van der Waals surface area contributed by atoms with Gasteiger partial charge in [-0.2, -0.15) is 0 Å². The van der Waals surface area contributed by atoms with Crippen molar-refractivity contribution < 1.29 is 14.3 Å². The van der Waals surface area contributed by atoms with Crippen LogP contribution in [0.2, 0.25) is 0 Å². The highest BCUT2D eigenvalue weighted by Gasteiger charge is 2.24. The van der Waals surface area contributed by atoms with Gasteiger partial charge in [0.25, 0.3) is 0 Å². The number of piperazine rings is 1. The summed E-state index contributed by atoms with van der Waals surface area (Å²) >= 11 is 0. The monoisotopic (exact) mass is 366 g/mol. The van der Waals surface area contributed by atoms with Crippen molar-refractivity contribution in [2.24, 2.45) is 0 Å². The van der Waals surface area contributed by atoms with E-state index < -0.39 is 0 Å². The average molecular weight is 366 g/mol. The van der Waals surface area contributed by atoms with Crippen molar-refractivity contribution in [1.82, 2.24) is 4.90 Å². The molecule has 0 N–H and O–H groups in total. The number of aryl methyl sites for hydroxylation is 1. The van der Waals surface area contributed by atoms with Crippen molar-refractivity contribution in [2.45, 2.75) is 19.8 Å². The van der Waals surface area contributed by atoms with Crippen molar-refractivity contribution in [2.75, 3.05) is 37.7 Å². The highest BCUT2D eigenvalue weighted by molar-refractivity contribution is 5.96. The Hall–Kier alpha value is -2.82. The summed E-state index contributed by atoms with van der Waals surface area (Å²) in [5.74, 6) is -0.105. The van der Waals surface area contributed by atoms with E-state index in [0.29, 0.717) is 44.8 Å². The largest absolute Gasteiger partial charge is 0.462 e. The third-order valence-corrected chi connectivity index (χ3v) is 4.84. The molecule has 0 atom stereocenters. The molecule has 0 unspecified atom stereocenters. The van der Waals surface area contributed by atoms with Gasteiger partial charge in [0.2, 0.25) is 5.91 Å². The fraction of sp³-hybridized carbons (Fsp3) is 0.364. The normalized spacial score (nSPS) is 14.1. The predicted molar refractivity (Wildman–Crippen MR) is 106 cm³/mol. The second kappa shape index (κ2) is 9.21. The predicted octanol–water partition coefficient (Wildman–Crippen LogP) is 3.14. The van der Waals surface area contributed by atoms with Gasteiger partial charge in [-0.1, -0.05) is 42.5 Å². The molecule has 5 heteroatoms. The minimum atomic E-state index is -0.297. The van der Waals surface area contributed by atoms with Gasteiger partial charge in [-0.15, -0.1) is 0 Å². The third kappa shape index (κ3) is 4.88. The minimum absolute atomic E-state index is 0.192. The Balaban J connectivity index is 1.56. The van der Waals surface area contributed by atoms with E-state index in [1.165, 1.54) is 5.56 Å². The van der Waals surface area contributed by atoms with Crippen LogP contribution in [0.4, 0.5) is 5.69 Å². The topological polar surface area (TPSA) is 49.9 Å². The van der Waals surface area contributed by atoms with Crippen molar-refractivity contribution in [1.29, 1.82) is 0 Å². The van der Waals surface area contributed by atoms with Crippen LogP contribution in [-0.2, 0) is 16.0 Å². The van der Waals surface area contributed by atoms with E-state index >= 15 is 0 Å². The van der Waals surface area contributed by atoms with Gasteiger partial charge in [0.1, 0.15) is 0 Å². The van der Waals surface area contributed by atoms with E-state index in [9.17, 15) is 9.59 Å². The number of hydrogen-bond donors (Lipinski definition) is 0. The van der Waals surface area contributed by atoms with Crippen molar-refractivity contribution in [3.8, 4) is 0 Å². The molecule has 1 aliphatic heterocycles. The second-order valence-electron chi connectivity index (χ2n) is 6.59. The average Bonchev–Trinajstić information content (AvgIpc) is 2.73. The summed E-state index contributed by atoms with van der Waals surface area (Å²) in [5, 5.41) is 0. The standard InChI is InChI=1S/C22H26N2O3/c1-2-27-22(26)19-10-6-7-11-20(19)23-14-16-24(17-15-23)21(25)13-12-18-8-4-3-5-9-18/h3-11H,2,12-17H2,1H3. The maximum absolute atomic E-state index is 12.5. The molecule has 142 valence electrons. The fourth-order valence-electron chi connectivity index (χ4n) is 3.38. The molecule has 2 aromatic rings. The van der Waals surface area contributed by atoms with Crippen LogP contribution in [0.1, 0.15) is 29.3 Å². The van der Waals surface area contributed by atoms with Gasteiger partial charge in [0, 0.05) is 32.6 Å². The Morgan fingerprint density at radius 1 is 0.926 bits per heavy atom. The van der Waals surface area contributed by atoms with Crippen LogP contribution in [0, 0.1) is 0 Å². The molecule has 0 saturated carbocycles. The molecular formula is C22H26N2O3. The zero-order valence-corrected chi connectivity index (χ0v) is 15.8. The summed E-state index contributed by atoms with van der Waals surface area (Å²) in [5.41, 5.74) is 2.66. The first-order chi connectivity index (χ1) is 13.2. The lowest BCUT2D eigenvalue weighted by Crippen LogP contribution is -2.49. The van der Waals surface area contributed by atoms with Gasteiger partial charge in [-0.25, -0.2) is 4.79 Å². The SMILES string of the molecule is CCOC(=O)c1ccccc1N1CCN(C(=O)CCc2ccccc2)CC1. The molecule has 0 aromatic heterocycles. The summed E-state index contributed by atoms with van der Waals surface area (Å²) < 4.78 is 5.16. The highest BCUT2D eigenvalue weighted by Crippen LogP contribution is 2.23. The number of nitrogens with zero attached hydrogens (tertiary/aromatic N) is 2. The van der Waals surface area contributed by atoms with Gasteiger partial charge < -0.3 is 14.5 Å². The van der Waals surface area contributed by atoms with E-state index in [1.54, 1.807) is 13.0 Å². The van der Waals surface area contributed by atoms with Crippen molar-refractivity contribution in [3.63, 3.8) is 0 Å². The number of ether oxygens (including phenoxy) is 1. The number of carbonyl (C=O) groups is 2. The number of rotatable bonds is 6. The Morgan fingerprint density at radius 3 is 2.30 bits per heavy atom. The van der Waals surface area contributed by atoms with E-state index in [-0.39, 0.29) is 11.9 Å². The molecule has 0 bridgehead atoms. The molecule has 1 saturated heterocycles. The zero-order chi connectivity index (χ0) is 19.1. The van der Waals surface area contributed by atoms with Gasteiger partial charge in [-0.3, -0.25) is 4.79 Å². The second-order valence-corrected chi connectivity index (χ2v) is 6.59.